The van der Waals surface area contributed by atoms with Gasteiger partial charge in [0, 0.05) is 19.6 Å². The van der Waals surface area contributed by atoms with Gasteiger partial charge in [0.1, 0.15) is 5.69 Å². The van der Waals surface area contributed by atoms with Crippen molar-refractivity contribution in [3.63, 3.8) is 0 Å². The highest BCUT2D eigenvalue weighted by molar-refractivity contribution is 6.28. The van der Waals surface area contributed by atoms with Gasteiger partial charge in [-0.1, -0.05) is 19.3 Å². The zero-order chi connectivity index (χ0) is 15.3. The van der Waals surface area contributed by atoms with E-state index in [-0.39, 0.29) is 16.6 Å². The summed E-state index contributed by atoms with van der Waals surface area (Å²) in [5.41, 5.74) is 0.565. The summed E-state index contributed by atoms with van der Waals surface area (Å²) in [6.07, 6.45) is 9.66. The minimum Gasteiger partial charge on any atom is -0.351 e. The monoisotopic (exact) mass is 320 g/mol. The van der Waals surface area contributed by atoms with Crippen LogP contribution in [0.1, 0.15) is 44.9 Å². The molecule has 1 aliphatic heterocycles. The molecule has 2 aliphatic carbocycles. The molecular formula is C16H21ClN4O. The Hall–Kier alpha value is -1.36. The maximum absolute atomic E-state index is 13.0. The number of carbonyl (C=O) groups excluding carboxylic acids is 1. The van der Waals surface area contributed by atoms with E-state index in [9.17, 15) is 4.79 Å². The standard InChI is InChI=1S/C16H21ClN4O/c1-20-12-9-18-15(17)19-13(12)21(11-5-2-3-6-11)10-16(14(20)22)7-4-8-16/h9,11H,2-8,10H2,1H3. The van der Waals surface area contributed by atoms with Gasteiger partial charge >= 0.3 is 0 Å². The summed E-state index contributed by atoms with van der Waals surface area (Å²) < 4.78 is 0. The molecule has 22 heavy (non-hydrogen) atoms. The van der Waals surface area contributed by atoms with Gasteiger partial charge in [-0.05, 0) is 37.3 Å². The molecule has 4 rings (SSSR count). The molecule has 0 unspecified atom stereocenters. The van der Waals surface area contributed by atoms with Gasteiger partial charge in [0.25, 0.3) is 0 Å². The van der Waals surface area contributed by atoms with E-state index in [2.05, 4.69) is 14.9 Å². The molecule has 6 heteroatoms. The van der Waals surface area contributed by atoms with Gasteiger partial charge in [-0.2, -0.15) is 4.98 Å². The second-order valence-corrected chi connectivity index (χ2v) is 7.25. The van der Waals surface area contributed by atoms with Crippen LogP contribution in [-0.2, 0) is 4.79 Å². The first-order valence-corrected chi connectivity index (χ1v) is 8.56. The predicted octanol–water partition coefficient (Wildman–Crippen LogP) is 3.03. The second-order valence-electron chi connectivity index (χ2n) is 6.91. The quantitative estimate of drug-likeness (QED) is 0.746. The number of aromatic nitrogens is 2. The van der Waals surface area contributed by atoms with Gasteiger partial charge in [-0.15, -0.1) is 0 Å². The van der Waals surface area contributed by atoms with Crippen molar-refractivity contribution < 1.29 is 4.79 Å². The van der Waals surface area contributed by atoms with Crippen LogP contribution in [0.2, 0.25) is 5.28 Å². The zero-order valence-corrected chi connectivity index (χ0v) is 13.6. The van der Waals surface area contributed by atoms with Crippen molar-refractivity contribution in [2.24, 2.45) is 5.41 Å². The molecule has 2 heterocycles. The van der Waals surface area contributed by atoms with Gasteiger partial charge in [0.15, 0.2) is 5.82 Å². The highest BCUT2D eigenvalue weighted by Gasteiger charge is 2.50. The van der Waals surface area contributed by atoms with Crippen molar-refractivity contribution in [3.05, 3.63) is 11.5 Å². The molecule has 1 aromatic heterocycles. The molecule has 2 saturated carbocycles. The van der Waals surface area contributed by atoms with Crippen LogP contribution >= 0.6 is 11.6 Å². The third-order valence-electron chi connectivity index (χ3n) is 5.66. The molecule has 0 atom stereocenters. The molecule has 0 N–H and O–H groups in total. The molecule has 0 aromatic carbocycles. The number of hydrogen-bond donors (Lipinski definition) is 0. The lowest BCUT2D eigenvalue weighted by atomic mass is 9.67. The summed E-state index contributed by atoms with van der Waals surface area (Å²) in [7, 11) is 1.84. The van der Waals surface area contributed by atoms with Crippen molar-refractivity contribution in [3.8, 4) is 0 Å². The van der Waals surface area contributed by atoms with Crippen LogP contribution in [0, 0.1) is 5.41 Å². The lowest BCUT2D eigenvalue weighted by molar-refractivity contribution is -0.131. The van der Waals surface area contributed by atoms with E-state index >= 15 is 0 Å². The maximum Gasteiger partial charge on any atom is 0.234 e. The van der Waals surface area contributed by atoms with Crippen LogP contribution in [0.3, 0.4) is 0 Å². The molecule has 0 saturated heterocycles. The van der Waals surface area contributed by atoms with Crippen LogP contribution in [-0.4, -0.2) is 35.5 Å². The fourth-order valence-corrected chi connectivity index (χ4v) is 4.35. The van der Waals surface area contributed by atoms with Crippen LogP contribution in [0.15, 0.2) is 6.20 Å². The minimum absolute atomic E-state index is 0.214. The van der Waals surface area contributed by atoms with E-state index in [1.165, 1.54) is 25.7 Å². The molecule has 1 amide bonds. The number of amides is 1. The summed E-state index contributed by atoms with van der Waals surface area (Å²) in [5, 5.41) is 0.257. The van der Waals surface area contributed by atoms with Crippen LogP contribution in [0.25, 0.3) is 0 Å². The Balaban J connectivity index is 1.83. The highest BCUT2D eigenvalue weighted by Crippen LogP contribution is 2.49. The zero-order valence-electron chi connectivity index (χ0n) is 12.9. The first-order chi connectivity index (χ1) is 10.6. The highest BCUT2D eigenvalue weighted by atomic mass is 35.5. The van der Waals surface area contributed by atoms with Gasteiger partial charge < -0.3 is 9.80 Å². The molecule has 0 radical (unpaired) electrons. The predicted molar refractivity (Wildman–Crippen MR) is 86.3 cm³/mol. The molecule has 0 bridgehead atoms. The lowest BCUT2D eigenvalue weighted by Gasteiger charge is -2.44. The summed E-state index contributed by atoms with van der Waals surface area (Å²) in [6, 6.07) is 0.474. The van der Waals surface area contributed by atoms with Crippen molar-refractivity contribution >= 4 is 29.0 Å². The van der Waals surface area contributed by atoms with Crippen molar-refractivity contribution in [2.45, 2.75) is 51.0 Å². The van der Waals surface area contributed by atoms with Gasteiger partial charge in [-0.3, -0.25) is 4.79 Å². The smallest absolute Gasteiger partial charge is 0.234 e. The van der Waals surface area contributed by atoms with E-state index in [1.807, 2.05) is 7.05 Å². The summed E-state index contributed by atoms with van der Waals surface area (Å²) in [5.74, 6) is 1.05. The number of nitrogens with zero attached hydrogens (tertiary/aromatic N) is 4. The number of carbonyl (C=O) groups is 1. The van der Waals surface area contributed by atoms with E-state index < -0.39 is 0 Å². The molecule has 5 nitrogen and oxygen atoms in total. The van der Waals surface area contributed by atoms with E-state index in [0.717, 1.165) is 37.3 Å². The Morgan fingerprint density at radius 1 is 1.27 bits per heavy atom. The molecule has 1 aromatic rings. The van der Waals surface area contributed by atoms with Crippen molar-refractivity contribution in [1.82, 2.24) is 9.97 Å². The van der Waals surface area contributed by atoms with Crippen LogP contribution in [0.4, 0.5) is 11.5 Å². The SMILES string of the molecule is CN1C(=O)C2(CCC2)CN(C2CCCC2)c2nc(Cl)ncc21. The summed E-state index contributed by atoms with van der Waals surface area (Å²) >= 11 is 6.05. The van der Waals surface area contributed by atoms with E-state index in [0.29, 0.717) is 6.04 Å². The molecule has 118 valence electrons. The Morgan fingerprint density at radius 2 is 2.00 bits per heavy atom. The molecule has 1 spiro atoms. The van der Waals surface area contributed by atoms with E-state index in [1.54, 1.807) is 11.1 Å². The van der Waals surface area contributed by atoms with Gasteiger partial charge in [0.05, 0.1) is 11.6 Å². The number of halogens is 1. The number of hydrogen-bond acceptors (Lipinski definition) is 4. The first kappa shape index (κ1) is 14.2. The normalized spacial score (nSPS) is 24.4. The van der Waals surface area contributed by atoms with Gasteiger partial charge in [-0.25, -0.2) is 4.98 Å². The average molecular weight is 321 g/mol. The number of anilines is 2. The Morgan fingerprint density at radius 3 is 2.64 bits per heavy atom. The molecular weight excluding hydrogens is 300 g/mol. The van der Waals surface area contributed by atoms with Crippen LogP contribution < -0.4 is 9.80 Å². The first-order valence-electron chi connectivity index (χ1n) is 8.18. The fourth-order valence-electron chi connectivity index (χ4n) is 4.22. The third-order valence-corrected chi connectivity index (χ3v) is 5.84. The second kappa shape index (κ2) is 5.08. The number of rotatable bonds is 1. The summed E-state index contributed by atoms with van der Waals surface area (Å²) in [4.78, 5) is 25.7. The Labute approximate surface area is 135 Å². The topological polar surface area (TPSA) is 49.3 Å². The molecule has 2 fully saturated rings. The average Bonchev–Trinajstić information content (AvgIpc) is 2.96. The van der Waals surface area contributed by atoms with E-state index in [4.69, 9.17) is 11.6 Å². The van der Waals surface area contributed by atoms with Crippen molar-refractivity contribution in [1.29, 1.82) is 0 Å². The largest absolute Gasteiger partial charge is 0.351 e. The van der Waals surface area contributed by atoms with Gasteiger partial charge in [0.2, 0.25) is 11.2 Å². The summed E-state index contributed by atoms with van der Waals surface area (Å²) in [6.45, 7) is 0.779. The van der Waals surface area contributed by atoms with Crippen LogP contribution in [0.5, 0.6) is 0 Å². The lowest BCUT2D eigenvalue weighted by Crippen LogP contribution is -2.52. The Kier molecular flexibility index (Phi) is 3.29. The Bertz CT molecular complexity index is 610. The minimum atomic E-state index is -0.232. The maximum atomic E-state index is 13.0. The number of fused-ring (bicyclic) bond motifs is 1. The van der Waals surface area contributed by atoms with Crippen molar-refractivity contribution in [2.75, 3.05) is 23.4 Å². The molecule has 3 aliphatic rings. The third kappa shape index (κ3) is 2.02. The fraction of sp³-hybridized carbons (Fsp3) is 0.688.